The maximum absolute atomic E-state index is 11.4. The molecule has 0 aromatic heterocycles. The molecule has 0 aliphatic rings. The number of carbonyl (C=O) groups excluding carboxylic acids is 2. The number of carbonyl (C=O) groups is 3. The molecule has 0 saturated heterocycles. The van der Waals surface area contributed by atoms with Gasteiger partial charge in [-0.2, -0.15) is 0 Å². The van der Waals surface area contributed by atoms with Crippen molar-refractivity contribution in [2.75, 3.05) is 20.1 Å². The summed E-state index contributed by atoms with van der Waals surface area (Å²) in [5, 5.41) is 13.5. The van der Waals surface area contributed by atoms with E-state index in [2.05, 4.69) is 10.6 Å². The van der Waals surface area contributed by atoms with Gasteiger partial charge < -0.3 is 20.6 Å². The predicted octanol–water partition coefficient (Wildman–Crippen LogP) is 0.0172. The minimum absolute atomic E-state index is 0.00104. The van der Waals surface area contributed by atoms with Crippen LogP contribution < -0.4 is 10.6 Å². The molecule has 1 unspecified atom stereocenters. The highest BCUT2D eigenvalue weighted by Crippen LogP contribution is 1.95. The molecule has 3 amide bonds. The summed E-state index contributed by atoms with van der Waals surface area (Å²) in [5.74, 6) is -1.07. The van der Waals surface area contributed by atoms with Crippen LogP contribution >= 0.6 is 0 Å². The first kappa shape index (κ1) is 16.2. The average Bonchev–Trinajstić information content (AvgIpc) is 2.32. The zero-order valence-electron chi connectivity index (χ0n) is 11.0. The number of carboxylic acid groups (broad SMARTS) is 1. The molecule has 0 fully saturated rings. The Morgan fingerprint density at radius 2 is 1.94 bits per heavy atom. The second-order valence-corrected chi connectivity index (χ2v) is 4.07. The molecule has 0 saturated carbocycles. The molecule has 0 bridgehead atoms. The first-order valence-electron chi connectivity index (χ1n) is 5.87. The number of nitrogens with one attached hydrogen (secondary N) is 2. The summed E-state index contributed by atoms with van der Waals surface area (Å²) in [6.45, 7) is 4.06. The molecule has 0 spiro atoms. The number of hydrogen-bond donors (Lipinski definition) is 3. The fourth-order valence-corrected chi connectivity index (χ4v) is 1.15. The number of nitrogens with zero attached hydrogens (tertiary/aromatic N) is 1. The molecule has 1 atom stereocenters. The Balaban J connectivity index is 3.83. The number of aliphatic carboxylic acids is 1. The van der Waals surface area contributed by atoms with Crippen LogP contribution in [0.5, 0.6) is 0 Å². The minimum Gasteiger partial charge on any atom is -0.481 e. The van der Waals surface area contributed by atoms with Gasteiger partial charge in [-0.1, -0.05) is 0 Å². The van der Waals surface area contributed by atoms with E-state index in [4.69, 9.17) is 5.11 Å². The van der Waals surface area contributed by atoms with Crippen LogP contribution in [0.15, 0.2) is 0 Å². The Morgan fingerprint density at radius 3 is 2.44 bits per heavy atom. The van der Waals surface area contributed by atoms with E-state index < -0.39 is 12.0 Å². The molecule has 18 heavy (non-hydrogen) atoms. The van der Waals surface area contributed by atoms with Crippen LogP contribution in [0.1, 0.15) is 26.7 Å². The molecule has 7 nitrogen and oxygen atoms in total. The third kappa shape index (κ3) is 7.48. The van der Waals surface area contributed by atoms with Gasteiger partial charge in [0.05, 0.1) is 6.54 Å². The molecule has 104 valence electrons. The molecule has 0 aromatic carbocycles. The lowest BCUT2D eigenvalue weighted by atomic mass is 10.2. The molecule has 0 rings (SSSR count). The fourth-order valence-electron chi connectivity index (χ4n) is 1.15. The number of hydrogen-bond acceptors (Lipinski definition) is 3. The predicted molar refractivity (Wildman–Crippen MR) is 66.2 cm³/mol. The van der Waals surface area contributed by atoms with Crippen LogP contribution in [0.2, 0.25) is 0 Å². The van der Waals surface area contributed by atoms with Crippen LogP contribution in [0, 0.1) is 0 Å². The summed E-state index contributed by atoms with van der Waals surface area (Å²) in [5.41, 5.74) is 0. The van der Waals surface area contributed by atoms with Gasteiger partial charge in [0.1, 0.15) is 0 Å². The molecule has 3 N–H and O–H groups in total. The molecule has 0 radical (unpaired) electrons. The highest BCUT2D eigenvalue weighted by atomic mass is 16.4. The molecule has 0 heterocycles. The van der Waals surface area contributed by atoms with Crippen molar-refractivity contribution in [2.45, 2.75) is 32.7 Å². The Hall–Kier alpha value is -1.79. The van der Waals surface area contributed by atoms with Crippen molar-refractivity contribution in [1.29, 1.82) is 0 Å². The van der Waals surface area contributed by atoms with E-state index in [-0.39, 0.29) is 24.9 Å². The van der Waals surface area contributed by atoms with Gasteiger partial charge in [-0.15, -0.1) is 0 Å². The van der Waals surface area contributed by atoms with Gasteiger partial charge in [0.25, 0.3) is 0 Å². The lowest BCUT2D eigenvalue weighted by Crippen LogP contribution is -2.45. The lowest BCUT2D eigenvalue weighted by Gasteiger charge is -2.16. The molecule has 7 heteroatoms. The Labute approximate surface area is 107 Å². The van der Waals surface area contributed by atoms with Gasteiger partial charge in [0, 0.05) is 26.1 Å². The van der Waals surface area contributed by atoms with Gasteiger partial charge in [-0.25, -0.2) is 4.79 Å². The second-order valence-electron chi connectivity index (χ2n) is 4.07. The Morgan fingerprint density at radius 1 is 1.33 bits per heavy atom. The Kier molecular flexibility index (Phi) is 7.50. The van der Waals surface area contributed by atoms with E-state index in [9.17, 15) is 14.4 Å². The average molecular weight is 259 g/mol. The maximum Gasteiger partial charge on any atom is 0.315 e. The molecule has 0 aliphatic heterocycles. The quantitative estimate of drug-likeness (QED) is 0.600. The van der Waals surface area contributed by atoms with Crippen molar-refractivity contribution >= 4 is 17.9 Å². The SMILES string of the molecule is CCN(C)C(=O)CNC(=O)NC(C)CCC(=O)O. The summed E-state index contributed by atoms with van der Waals surface area (Å²) in [6, 6.07) is -0.717. The number of carboxylic acids is 1. The van der Waals surface area contributed by atoms with E-state index in [0.29, 0.717) is 13.0 Å². The second kappa shape index (κ2) is 8.32. The van der Waals surface area contributed by atoms with Crippen LogP contribution in [-0.4, -0.2) is 54.1 Å². The third-order valence-electron chi connectivity index (χ3n) is 2.47. The molecule has 0 aliphatic carbocycles. The molecule has 0 aromatic rings. The number of likely N-dealkylation sites (N-methyl/N-ethyl adjacent to an activating group) is 1. The smallest absolute Gasteiger partial charge is 0.315 e. The standard InChI is InChI=1S/C11H21N3O4/c1-4-14(3)9(15)7-12-11(18)13-8(2)5-6-10(16)17/h8H,4-7H2,1-3H3,(H,16,17)(H2,12,13,18). The van der Waals surface area contributed by atoms with Crippen molar-refractivity contribution in [3.8, 4) is 0 Å². The molecular weight excluding hydrogens is 238 g/mol. The first-order chi connectivity index (χ1) is 8.36. The minimum atomic E-state index is -0.899. The van der Waals surface area contributed by atoms with Crippen molar-refractivity contribution in [1.82, 2.24) is 15.5 Å². The van der Waals surface area contributed by atoms with Gasteiger partial charge in [-0.3, -0.25) is 9.59 Å². The van der Waals surface area contributed by atoms with Crippen LogP contribution in [0.25, 0.3) is 0 Å². The van der Waals surface area contributed by atoms with Gasteiger partial charge >= 0.3 is 12.0 Å². The number of urea groups is 1. The summed E-state index contributed by atoms with van der Waals surface area (Å²) >= 11 is 0. The highest BCUT2D eigenvalue weighted by molar-refractivity contribution is 5.83. The monoisotopic (exact) mass is 259 g/mol. The van der Waals surface area contributed by atoms with E-state index >= 15 is 0 Å². The number of amides is 3. The zero-order chi connectivity index (χ0) is 14.1. The first-order valence-corrected chi connectivity index (χ1v) is 5.87. The highest BCUT2D eigenvalue weighted by Gasteiger charge is 2.11. The lowest BCUT2D eigenvalue weighted by molar-refractivity contribution is -0.137. The summed E-state index contributed by atoms with van der Waals surface area (Å²) < 4.78 is 0. The van der Waals surface area contributed by atoms with E-state index in [1.54, 1.807) is 14.0 Å². The van der Waals surface area contributed by atoms with Crippen LogP contribution in [0.3, 0.4) is 0 Å². The van der Waals surface area contributed by atoms with Crippen LogP contribution in [-0.2, 0) is 9.59 Å². The molecular formula is C11H21N3O4. The zero-order valence-corrected chi connectivity index (χ0v) is 11.0. The van der Waals surface area contributed by atoms with Crippen molar-refractivity contribution in [3.63, 3.8) is 0 Å². The van der Waals surface area contributed by atoms with E-state index in [1.807, 2.05) is 6.92 Å². The van der Waals surface area contributed by atoms with Crippen molar-refractivity contribution < 1.29 is 19.5 Å². The fraction of sp³-hybridized carbons (Fsp3) is 0.727. The van der Waals surface area contributed by atoms with Gasteiger partial charge in [-0.05, 0) is 20.3 Å². The van der Waals surface area contributed by atoms with Crippen molar-refractivity contribution in [3.05, 3.63) is 0 Å². The largest absolute Gasteiger partial charge is 0.481 e. The van der Waals surface area contributed by atoms with Crippen molar-refractivity contribution in [2.24, 2.45) is 0 Å². The number of rotatable bonds is 7. The maximum atomic E-state index is 11.4. The Bertz CT molecular complexity index is 307. The summed E-state index contributed by atoms with van der Waals surface area (Å²) in [7, 11) is 1.65. The van der Waals surface area contributed by atoms with E-state index in [0.717, 1.165) is 0 Å². The summed E-state index contributed by atoms with van der Waals surface area (Å²) in [6.07, 6.45) is 0.352. The van der Waals surface area contributed by atoms with Gasteiger partial charge in [0.2, 0.25) is 5.91 Å². The van der Waals surface area contributed by atoms with Gasteiger partial charge in [0.15, 0.2) is 0 Å². The van der Waals surface area contributed by atoms with Crippen LogP contribution in [0.4, 0.5) is 4.79 Å². The third-order valence-corrected chi connectivity index (χ3v) is 2.47. The topological polar surface area (TPSA) is 98.7 Å². The normalized spacial score (nSPS) is 11.5. The van der Waals surface area contributed by atoms with E-state index in [1.165, 1.54) is 4.90 Å². The summed E-state index contributed by atoms with van der Waals surface area (Å²) in [4.78, 5) is 34.6.